The highest BCUT2D eigenvalue weighted by atomic mass is 35.5. The lowest BCUT2D eigenvalue weighted by Crippen LogP contribution is -1.87. The molecular weight excluding hydrogens is 179 g/mol. The third-order valence-electron chi connectivity index (χ3n) is 1.70. The summed E-state index contributed by atoms with van der Waals surface area (Å²) in [6.45, 7) is 0. The summed E-state index contributed by atoms with van der Waals surface area (Å²) >= 11 is 5.64. The van der Waals surface area contributed by atoms with E-state index < -0.39 is 0 Å². The number of hydrogen-bond acceptors (Lipinski definition) is 1. The summed E-state index contributed by atoms with van der Waals surface area (Å²) < 4.78 is 14.1. The minimum Gasteiger partial charge on any atom is -0.238 e. The van der Waals surface area contributed by atoms with E-state index in [-0.39, 0.29) is 5.82 Å². The average Bonchev–Trinajstić information content (AvgIpc) is 2.46. The zero-order valence-corrected chi connectivity index (χ0v) is 6.92. The summed E-state index contributed by atoms with van der Waals surface area (Å²) in [6, 6.07) is 3.06. The zero-order valence-electron chi connectivity index (χ0n) is 6.17. The third kappa shape index (κ3) is 1.06. The second kappa shape index (κ2) is 2.75. The maximum absolute atomic E-state index is 12.7. The van der Waals surface area contributed by atoms with Crippen LogP contribution in [-0.2, 0) is 5.88 Å². The second-order valence-electron chi connectivity index (χ2n) is 2.48. The molecule has 0 aliphatic rings. The van der Waals surface area contributed by atoms with E-state index in [1.54, 1.807) is 12.3 Å². The molecule has 0 N–H and O–H groups in total. The van der Waals surface area contributed by atoms with Crippen LogP contribution in [0.3, 0.4) is 0 Å². The van der Waals surface area contributed by atoms with E-state index in [2.05, 4.69) is 5.10 Å². The van der Waals surface area contributed by atoms with Crippen LogP contribution in [0.5, 0.6) is 0 Å². The Bertz CT molecular complexity index is 410. The van der Waals surface area contributed by atoms with Crippen molar-refractivity contribution < 1.29 is 4.39 Å². The predicted molar refractivity (Wildman–Crippen MR) is 44.7 cm³/mol. The highest BCUT2D eigenvalue weighted by molar-refractivity contribution is 6.17. The maximum Gasteiger partial charge on any atom is 0.141 e. The Labute approximate surface area is 73.6 Å². The van der Waals surface area contributed by atoms with Gasteiger partial charge in [0.15, 0.2) is 0 Å². The van der Waals surface area contributed by atoms with E-state index in [0.29, 0.717) is 5.88 Å². The first-order valence-corrected chi connectivity index (χ1v) is 4.02. The van der Waals surface area contributed by atoms with Crippen LogP contribution in [0.15, 0.2) is 24.5 Å². The summed E-state index contributed by atoms with van der Waals surface area (Å²) in [6.07, 6.45) is 2.97. The molecule has 0 unspecified atom stereocenters. The second-order valence-corrected chi connectivity index (χ2v) is 2.75. The molecule has 0 spiro atoms. The average molecular weight is 185 g/mol. The molecule has 0 aliphatic carbocycles. The van der Waals surface area contributed by atoms with Gasteiger partial charge in [0.25, 0.3) is 0 Å². The quantitative estimate of drug-likeness (QED) is 0.622. The lowest BCUT2D eigenvalue weighted by atomic mass is 10.3. The van der Waals surface area contributed by atoms with E-state index in [0.717, 1.165) is 11.1 Å². The number of nitrogens with zero attached hydrogens (tertiary/aromatic N) is 2. The monoisotopic (exact) mass is 184 g/mol. The molecule has 0 amide bonds. The van der Waals surface area contributed by atoms with Crippen molar-refractivity contribution in [2.75, 3.05) is 0 Å². The summed E-state index contributed by atoms with van der Waals surface area (Å²) in [5.41, 5.74) is 1.77. The predicted octanol–water partition coefficient (Wildman–Crippen LogP) is 2.21. The zero-order chi connectivity index (χ0) is 8.55. The fourth-order valence-corrected chi connectivity index (χ4v) is 1.32. The van der Waals surface area contributed by atoms with Gasteiger partial charge >= 0.3 is 0 Å². The summed E-state index contributed by atoms with van der Waals surface area (Å²) in [4.78, 5) is 0. The van der Waals surface area contributed by atoms with Gasteiger partial charge < -0.3 is 0 Å². The Morgan fingerprint density at radius 3 is 3.08 bits per heavy atom. The van der Waals surface area contributed by atoms with Crippen molar-refractivity contribution >= 4 is 17.1 Å². The Hall–Kier alpha value is -1.09. The van der Waals surface area contributed by atoms with Crippen molar-refractivity contribution in [3.05, 3.63) is 35.9 Å². The first kappa shape index (κ1) is 7.55. The Morgan fingerprint density at radius 1 is 1.50 bits per heavy atom. The molecule has 2 aromatic heterocycles. The molecule has 4 heteroatoms. The van der Waals surface area contributed by atoms with Gasteiger partial charge in [0.1, 0.15) is 5.82 Å². The molecule has 0 aliphatic heterocycles. The van der Waals surface area contributed by atoms with E-state index in [1.807, 2.05) is 0 Å². The number of rotatable bonds is 1. The van der Waals surface area contributed by atoms with Crippen molar-refractivity contribution in [2.24, 2.45) is 0 Å². The van der Waals surface area contributed by atoms with Crippen LogP contribution in [0, 0.1) is 5.82 Å². The normalized spacial score (nSPS) is 10.8. The molecule has 2 aromatic rings. The summed E-state index contributed by atoms with van der Waals surface area (Å²) in [5, 5.41) is 3.94. The van der Waals surface area contributed by atoms with E-state index in [9.17, 15) is 4.39 Å². The van der Waals surface area contributed by atoms with Gasteiger partial charge in [-0.25, -0.2) is 8.91 Å². The molecule has 0 saturated heterocycles. The largest absolute Gasteiger partial charge is 0.238 e. The molecule has 2 nitrogen and oxygen atoms in total. The molecule has 0 atom stereocenters. The Balaban J connectivity index is 2.73. The lowest BCUT2D eigenvalue weighted by Gasteiger charge is -1.93. The third-order valence-corrected chi connectivity index (χ3v) is 1.99. The number of aromatic nitrogens is 2. The van der Waals surface area contributed by atoms with Crippen LogP contribution in [0.25, 0.3) is 5.52 Å². The topological polar surface area (TPSA) is 17.3 Å². The van der Waals surface area contributed by atoms with Crippen molar-refractivity contribution in [1.82, 2.24) is 9.61 Å². The molecule has 0 bridgehead atoms. The van der Waals surface area contributed by atoms with E-state index >= 15 is 0 Å². The first-order valence-electron chi connectivity index (χ1n) is 3.49. The number of hydrogen-bond donors (Lipinski definition) is 0. The lowest BCUT2D eigenvalue weighted by molar-refractivity contribution is 0.615. The SMILES string of the molecule is Fc1ccc2c(CCl)cnn2c1. The van der Waals surface area contributed by atoms with E-state index in [1.165, 1.54) is 16.8 Å². The first-order chi connectivity index (χ1) is 5.81. The van der Waals surface area contributed by atoms with Gasteiger partial charge in [-0.2, -0.15) is 5.10 Å². The molecule has 0 radical (unpaired) electrons. The van der Waals surface area contributed by atoms with Gasteiger partial charge in [-0.15, -0.1) is 11.6 Å². The number of fused-ring (bicyclic) bond motifs is 1. The van der Waals surface area contributed by atoms with Crippen LogP contribution in [0.2, 0.25) is 0 Å². The molecular formula is C8H6ClFN2. The fourth-order valence-electron chi connectivity index (χ4n) is 1.12. The van der Waals surface area contributed by atoms with Gasteiger partial charge in [0.05, 0.1) is 23.8 Å². The number of alkyl halides is 1. The van der Waals surface area contributed by atoms with Crippen molar-refractivity contribution in [1.29, 1.82) is 0 Å². The fraction of sp³-hybridized carbons (Fsp3) is 0.125. The van der Waals surface area contributed by atoms with Crippen molar-refractivity contribution in [2.45, 2.75) is 5.88 Å². The van der Waals surface area contributed by atoms with Gasteiger partial charge in [0, 0.05) is 5.56 Å². The van der Waals surface area contributed by atoms with Crippen molar-refractivity contribution in [3.8, 4) is 0 Å². The van der Waals surface area contributed by atoms with Crippen molar-refractivity contribution in [3.63, 3.8) is 0 Å². The standard InChI is InChI=1S/C8H6ClFN2/c9-3-6-4-11-12-5-7(10)1-2-8(6)12/h1-2,4-5H,3H2. The summed E-state index contributed by atoms with van der Waals surface area (Å²) in [7, 11) is 0. The van der Waals surface area contributed by atoms with Gasteiger partial charge in [-0.3, -0.25) is 0 Å². The van der Waals surface area contributed by atoms with Crippen LogP contribution in [0.1, 0.15) is 5.56 Å². The van der Waals surface area contributed by atoms with Crippen LogP contribution in [-0.4, -0.2) is 9.61 Å². The molecule has 0 saturated carbocycles. The number of halogens is 2. The minimum absolute atomic E-state index is 0.299. The molecule has 62 valence electrons. The molecule has 12 heavy (non-hydrogen) atoms. The van der Waals surface area contributed by atoms with Crippen LogP contribution < -0.4 is 0 Å². The highest BCUT2D eigenvalue weighted by Gasteiger charge is 2.02. The minimum atomic E-state index is -0.299. The summed E-state index contributed by atoms with van der Waals surface area (Å²) in [5.74, 6) is 0.0986. The Morgan fingerprint density at radius 2 is 2.33 bits per heavy atom. The maximum atomic E-state index is 12.7. The van der Waals surface area contributed by atoms with Crippen LogP contribution >= 0.6 is 11.6 Å². The molecule has 0 fully saturated rings. The van der Waals surface area contributed by atoms with Crippen LogP contribution in [0.4, 0.5) is 4.39 Å². The Kier molecular flexibility index (Phi) is 1.73. The van der Waals surface area contributed by atoms with Gasteiger partial charge in [-0.1, -0.05) is 0 Å². The molecule has 2 rings (SSSR count). The highest BCUT2D eigenvalue weighted by Crippen LogP contribution is 2.12. The van der Waals surface area contributed by atoms with E-state index in [4.69, 9.17) is 11.6 Å². The van der Waals surface area contributed by atoms with Gasteiger partial charge in [-0.05, 0) is 12.1 Å². The smallest absolute Gasteiger partial charge is 0.141 e. The molecule has 0 aromatic carbocycles. The number of pyridine rings is 1. The van der Waals surface area contributed by atoms with Gasteiger partial charge in [0.2, 0.25) is 0 Å². The molecule has 2 heterocycles.